The standard InChI is InChI=1S/C40H34N2O7/c43-26-35-36(44)37(45)38(46)40(49-35)48-25-24-47-39-33(14-8-27-4-10-29(11-5-27)31-16-20-41-21-17-31)2-1-3-34(39)15-9-28-6-12-30(13-7-28)32-18-22-42-23-19-32/h1-7,10-13,16-23,35-38,40,43-46H,24-26H2/t35?,36-,37?,38+,40-/m1/s1. The van der Waals surface area contributed by atoms with Crippen molar-refractivity contribution in [2.24, 2.45) is 0 Å². The Balaban J connectivity index is 1.22. The van der Waals surface area contributed by atoms with E-state index in [1.165, 1.54) is 0 Å². The number of ether oxygens (including phenoxy) is 3. The monoisotopic (exact) mass is 654 g/mol. The Bertz CT molecular complexity index is 1830. The molecule has 1 aliphatic heterocycles. The molecule has 5 aromatic rings. The van der Waals surface area contributed by atoms with Gasteiger partial charge in [-0.05, 0) is 82.9 Å². The highest BCUT2D eigenvalue weighted by atomic mass is 16.7. The number of benzene rings is 3. The second-order valence-corrected chi connectivity index (χ2v) is 11.2. The Kier molecular flexibility index (Phi) is 11.1. The molecule has 0 spiro atoms. The fraction of sp³-hybridized carbons (Fsp3) is 0.200. The van der Waals surface area contributed by atoms with Gasteiger partial charge in [-0.3, -0.25) is 9.97 Å². The molecule has 49 heavy (non-hydrogen) atoms. The Hall–Kier alpha value is -5.36. The molecule has 0 amide bonds. The molecule has 0 radical (unpaired) electrons. The van der Waals surface area contributed by atoms with Crippen LogP contribution >= 0.6 is 0 Å². The minimum Gasteiger partial charge on any atom is -0.489 e. The smallest absolute Gasteiger partial charge is 0.186 e. The van der Waals surface area contributed by atoms with E-state index in [9.17, 15) is 20.4 Å². The normalized spacial score (nSPS) is 20.0. The van der Waals surface area contributed by atoms with E-state index >= 15 is 0 Å². The molecule has 9 nitrogen and oxygen atoms in total. The van der Waals surface area contributed by atoms with Gasteiger partial charge in [-0.1, -0.05) is 54.0 Å². The summed E-state index contributed by atoms with van der Waals surface area (Å²) in [4.78, 5) is 8.16. The van der Waals surface area contributed by atoms with Crippen LogP contribution in [0, 0.1) is 23.7 Å². The second-order valence-electron chi connectivity index (χ2n) is 11.2. The predicted octanol–water partition coefficient (Wildman–Crippen LogP) is 3.81. The third-order valence-electron chi connectivity index (χ3n) is 7.96. The van der Waals surface area contributed by atoms with Crippen LogP contribution in [0.25, 0.3) is 22.3 Å². The Morgan fingerprint density at radius 2 is 1.06 bits per heavy atom. The number of nitrogens with zero attached hydrogens (tertiary/aromatic N) is 2. The maximum Gasteiger partial charge on any atom is 0.186 e. The molecule has 5 atom stereocenters. The van der Waals surface area contributed by atoms with Gasteiger partial charge in [0.25, 0.3) is 0 Å². The largest absolute Gasteiger partial charge is 0.489 e. The molecule has 1 fully saturated rings. The van der Waals surface area contributed by atoms with Gasteiger partial charge >= 0.3 is 0 Å². The molecular formula is C40H34N2O7. The van der Waals surface area contributed by atoms with Crippen molar-refractivity contribution in [1.82, 2.24) is 9.97 Å². The molecule has 3 heterocycles. The van der Waals surface area contributed by atoms with E-state index in [1.54, 1.807) is 24.8 Å². The number of pyridine rings is 2. The predicted molar refractivity (Wildman–Crippen MR) is 183 cm³/mol. The summed E-state index contributed by atoms with van der Waals surface area (Å²) >= 11 is 0. The van der Waals surface area contributed by atoms with Gasteiger partial charge in [-0.2, -0.15) is 0 Å². The summed E-state index contributed by atoms with van der Waals surface area (Å²) in [6.07, 6.45) is 0.180. The van der Waals surface area contributed by atoms with Crippen molar-refractivity contribution in [3.05, 3.63) is 138 Å². The minimum atomic E-state index is -1.53. The van der Waals surface area contributed by atoms with Crippen LogP contribution in [0.1, 0.15) is 22.3 Å². The van der Waals surface area contributed by atoms with Crippen molar-refractivity contribution in [3.63, 3.8) is 0 Å². The van der Waals surface area contributed by atoms with Crippen LogP contribution in [0.2, 0.25) is 0 Å². The maximum atomic E-state index is 10.3. The first-order valence-electron chi connectivity index (χ1n) is 15.7. The van der Waals surface area contributed by atoms with E-state index in [0.29, 0.717) is 16.9 Å². The zero-order valence-electron chi connectivity index (χ0n) is 26.4. The lowest BCUT2D eigenvalue weighted by molar-refractivity contribution is -0.301. The third-order valence-corrected chi connectivity index (χ3v) is 7.96. The zero-order valence-corrected chi connectivity index (χ0v) is 26.4. The summed E-state index contributed by atoms with van der Waals surface area (Å²) < 4.78 is 17.3. The summed E-state index contributed by atoms with van der Waals surface area (Å²) in [5.74, 6) is 13.3. The lowest BCUT2D eigenvalue weighted by Crippen LogP contribution is -2.59. The Morgan fingerprint density at radius 3 is 1.55 bits per heavy atom. The molecule has 246 valence electrons. The first kappa shape index (κ1) is 33.5. The van der Waals surface area contributed by atoms with Crippen LogP contribution in [-0.4, -0.2) is 80.9 Å². The van der Waals surface area contributed by atoms with E-state index in [1.807, 2.05) is 91.0 Å². The fourth-order valence-electron chi connectivity index (χ4n) is 5.26. The number of hydrogen-bond acceptors (Lipinski definition) is 9. The van der Waals surface area contributed by atoms with E-state index in [0.717, 1.165) is 33.4 Å². The number of aliphatic hydroxyl groups excluding tert-OH is 4. The maximum absolute atomic E-state index is 10.3. The molecule has 2 aromatic heterocycles. The molecule has 1 saturated heterocycles. The van der Waals surface area contributed by atoms with Crippen molar-refractivity contribution in [2.75, 3.05) is 19.8 Å². The van der Waals surface area contributed by atoms with E-state index < -0.39 is 37.3 Å². The van der Waals surface area contributed by atoms with Gasteiger partial charge < -0.3 is 34.6 Å². The van der Waals surface area contributed by atoms with Crippen LogP contribution in [0.15, 0.2) is 116 Å². The Morgan fingerprint density at radius 1 is 0.571 bits per heavy atom. The van der Waals surface area contributed by atoms with Crippen LogP contribution in [0.5, 0.6) is 5.75 Å². The molecule has 0 aliphatic carbocycles. The highest BCUT2D eigenvalue weighted by Gasteiger charge is 2.43. The number of aromatic nitrogens is 2. The van der Waals surface area contributed by atoms with E-state index in [2.05, 4.69) is 33.6 Å². The SMILES string of the molecule is OCC1O[C@@H](OCCOc2c(C#Cc3ccc(-c4ccncc4)cc3)cccc2C#Cc2ccc(-c3ccncc3)cc2)[C@@H](O)C(O)[C@@H]1O. The van der Waals surface area contributed by atoms with Crippen molar-refractivity contribution in [1.29, 1.82) is 0 Å². The lowest BCUT2D eigenvalue weighted by Gasteiger charge is -2.39. The molecule has 2 unspecified atom stereocenters. The van der Waals surface area contributed by atoms with Crippen molar-refractivity contribution >= 4 is 0 Å². The summed E-state index contributed by atoms with van der Waals surface area (Å²) in [7, 11) is 0. The molecular weight excluding hydrogens is 620 g/mol. The quantitative estimate of drug-likeness (QED) is 0.146. The molecule has 1 aliphatic rings. The topological polar surface area (TPSA) is 134 Å². The van der Waals surface area contributed by atoms with Gasteiger partial charge in [0.15, 0.2) is 12.0 Å². The van der Waals surface area contributed by atoms with Gasteiger partial charge in [0, 0.05) is 35.9 Å². The highest BCUT2D eigenvalue weighted by Crippen LogP contribution is 2.26. The molecule has 9 heteroatoms. The molecule has 4 N–H and O–H groups in total. The van der Waals surface area contributed by atoms with Gasteiger partial charge in [0.2, 0.25) is 0 Å². The van der Waals surface area contributed by atoms with Crippen LogP contribution in [0.3, 0.4) is 0 Å². The van der Waals surface area contributed by atoms with Crippen LogP contribution in [-0.2, 0) is 9.47 Å². The molecule has 0 bridgehead atoms. The summed E-state index contributed by atoms with van der Waals surface area (Å²) in [5, 5.41) is 39.9. The van der Waals surface area contributed by atoms with Crippen LogP contribution in [0.4, 0.5) is 0 Å². The molecule has 6 rings (SSSR count). The lowest BCUT2D eigenvalue weighted by atomic mass is 9.99. The summed E-state index contributed by atoms with van der Waals surface area (Å²) in [6, 6.07) is 29.2. The average molecular weight is 655 g/mol. The Labute approximate surface area is 284 Å². The van der Waals surface area contributed by atoms with Crippen LogP contribution < -0.4 is 4.74 Å². The van der Waals surface area contributed by atoms with Gasteiger partial charge in [0.1, 0.15) is 31.0 Å². The van der Waals surface area contributed by atoms with E-state index in [4.69, 9.17) is 14.2 Å². The van der Waals surface area contributed by atoms with Gasteiger partial charge in [0.05, 0.1) is 24.3 Å². The van der Waals surface area contributed by atoms with E-state index in [-0.39, 0.29) is 13.2 Å². The van der Waals surface area contributed by atoms with Crippen molar-refractivity contribution in [3.8, 4) is 51.7 Å². The first-order valence-corrected chi connectivity index (χ1v) is 15.7. The zero-order chi connectivity index (χ0) is 34.0. The summed E-state index contributed by atoms with van der Waals surface area (Å²) in [6.45, 7) is -0.553. The minimum absolute atomic E-state index is 0.0314. The molecule has 3 aromatic carbocycles. The second kappa shape index (κ2) is 16.2. The summed E-state index contributed by atoms with van der Waals surface area (Å²) in [5.41, 5.74) is 7.12. The van der Waals surface area contributed by atoms with Crippen molar-refractivity contribution < 1.29 is 34.6 Å². The number of hydrogen-bond donors (Lipinski definition) is 4. The van der Waals surface area contributed by atoms with Gasteiger partial charge in [-0.25, -0.2) is 0 Å². The highest BCUT2D eigenvalue weighted by molar-refractivity contribution is 5.66. The third kappa shape index (κ3) is 8.39. The molecule has 0 saturated carbocycles. The first-order chi connectivity index (χ1) is 24.0. The fourth-order valence-corrected chi connectivity index (χ4v) is 5.26. The number of aliphatic hydroxyl groups is 4. The average Bonchev–Trinajstić information content (AvgIpc) is 3.16. The van der Waals surface area contributed by atoms with Gasteiger partial charge in [-0.15, -0.1) is 0 Å². The number of rotatable bonds is 8. The number of para-hydroxylation sites is 1. The van der Waals surface area contributed by atoms with Crippen molar-refractivity contribution in [2.45, 2.75) is 30.7 Å².